The van der Waals surface area contributed by atoms with Crippen LogP contribution in [0.3, 0.4) is 0 Å². The Kier molecular flexibility index (Phi) is 11.6. The molecule has 4 N–H and O–H groups in total. The molecule has 0 unspecified atom stereocenters. The Bertz CT molecular complexity index is 1990. The molecule has 1 fully saturated rings. The molecule has 6 rings (SSSR count). The minimum absolute atomic E-state index is 0.0452. The number of nitrogens with zero attached hydrogens (tertiary/aromatic N) is 1. The average molecular weight is 709 g/mol. The molecule has 0 amide bonds. The summed E-state index contributed by atoms with van der Waals surface area (Å²) in [5.74, 6) is 0.0584. The Balaban J connectivity index is 1.21. The van der Waals surface area contributed by atoms with Crippen LogP contribution < -0.4 is 4.72 Å². The molecule has 10 heteroatoms. The number of phenolic OH excluding ortho intramolecular Hbond substituents is 1. The predicted molar refractivity (Wildman–Crippen MR) is 196 cm³/mol. The molecule has 0 aromatic heterocycles. The zero-order valence-corrected chi connectivity index (χ0v) is 29.5. The van der Waals surface area contributed by atoms with E-state index in [1.54, 1.807) is 54.6 Å². The molecule has 51 heavy (non-hydrogen) atoms. The molecule has 0 radical (unpaired) electrons. The molecule has 9 nitrogen and oxygen atoms in total. The molecule has 5 aromatic carbocycles. The second kappa shape index (κ2) is 16.3. The van der Waals surface area contributed by atoms with Gasteiger partial charge in [-0.05, 0) is 64.7 Å². The molecule has 1 heterocycles. The summed E-state index contributed by atoms with van der Waals surface area (Å²) in [6.07, 6.45) is -2.03. The standard InChI is InChI=1S/C41H44N2O7S/c1-28-39(26-43(2)25-38(46)33-10-8-11-35(45)23-33)49-41(50-40(28)31-17-15-29(27-44)16-18-31)32-21-19-30(20-22-32)37-14-7-6-9-34(37)24-42-51(47,48)36-12-4-3-5-13-36/h3-23,28,38-42,44-46H,24-27H2,1-2H3/t28-,38-,39+,40+,41+/m1/s1. The average Bonchev–Trinajstić information content (AvgIpc) is 3.15. The van der Waals surface area contributed by atoms with E-state index in [4.69, 9.17) is 9.47 Å². The highest BCUT2D eigenvalue weighted by atomic mass is 32.2. The van der Waals surface area contributed by atoms with Gasteiger partial charge in [0.1, 0.15) is 5.75 Å². The van der Waals surface area contributed by atoms with Gasteiger partial charge >= 0.3 is 0 Å². The third-order valence-corrected chi connectivity index (χ3v) is 10.8. The minimum atomic E-state index is -3.68. The Morgan fingerprint density at radius 1 is 0.824 bits per heavy atom. The van der Waals surface area contributed by atoms with E-state index in [9.17, 15) is 23.7 Å². The molecule has 0 spiro atoms. The van der Waals surface area contributed by atoms with Gasteiger partial charge in [-0.2, -0.15) is 0 Å². The molecule has 1 aliphatic heterocycles. The van der Waals surface area contributed by atoms with Crippen LogP contribution in [0.5, 0.6) is 5.75 Å². The number of rotatable bonds is 13. The van der Waals surface area contributed by atoms with Crippen molar-refractivity contribution in [1.82, 2.24) is 9.62 Å². The van der Waals surface area contributed by atoms with Gasteiger partial charge in [-0.1, -0.05) is 110 Å². The van der Waals surface area contributed by atoms with E-state index in [1.165, 1.54) is 0 Å². The van der Waals surface area contributed by atoms with Crippen LogP contribution in [0.25, 0.3) is 11.1 Å². The van der Waals surface area contributed by atoms with Crippen LogP contribution in [-0.2, 0) is 32.6 Å². The summed E-state index contributed by atoms with van der Waals surface area (Å²) in [4.78, 5) is 2.24. The number of likely N-dealkylation sites (N-methyl/N-ethyl adjacent to an activating group) is 1. The summed E-state index contributed by atoms with van der Waals surface area (Å²) in [7, 11) is -1.74. The van der Waals surface area contributed by atoms with Gasteiger partial charge in [0.15, 0.2) is 6.29 Å². The number of hydrogen-bond acceptors (Lipinski definition) is 8. The first-order valence-corrected chi connectivity index (χ1v) is 18.5. The van der Waals surface area contributed by atoms with Gasteiger partial charge in [-0.25, -0.2) is 13.1 Å². The smallest absolute Gasteiger partial charge is 0.240 e. The Morgan fingerprint density at radius 2 is 1.51 bits per heavy atom. The van der Waals surface area contributed by atoms with Gasteiger partial charge in [0.05, 0.1) is 29.8 Å². The summed E-state index contributed by atoms with van der Waals surface area (Å²) in [5.41, 5.74) is 5.93. The number of benzene rings is 5. The maximum atomic E-state index is 12.9. The first kappa shape index (κ1) is 36.4. The predicted octanol–water partition coefficient (Wildman–Crippen LogP) is 6.49. The van der Waals surface area contributed by atoms with Crippen LogP contribution in [0, 0.1) is 5.92 Å². The number of ether oxygens (including phenoxy) is 2. The van der Waals surface area contributed by atoms with Crippen molar-refractivity contribution in [2.45, 2.75) is 49.6 Å². The highest BCUT2D eigenvalue weighted by molar-refractivity contribution is 7.89. The summed E-state index contributed by atoms with van der Waals surface area (Å²) in [6, 6.07) is 38.3. The molecule has 1 aliphatic rings. The van der Waals surface area contributed by atoms with E-state index in [0.29, 0.717) is 18.7 Å². The van der Waals surface area contributed by atoms with Crippen molar-refractivity contribution in [1.29, 1.82) is 0 Å². The quantitative estimate of drug-likeness (QED) is 0.109. The highest BCUT2D eigenvalue weighted by Crippen LogP contribution is 2.42. The highest BCUT2D eigenvalue weighted by Gasteiger charge is 2.39. The lowest BCUT2D eigenvalue weighted by atomic mass is 9.90. The second-order valence-electron chi connectivity index (χ2n) is 13.1. The monoisotopic (exact) mass is 708 g/mol. The van der Waals surface area contributed by atoms with E-state index in [0.717, 1.165) is 33.4 Å². The van der Waals surface area contributed by atoms with Gasteiger partial charge in [-0.3, -0.25) is 0 Å². The van der Waals surface area contributed by atoms with Crippen LogP contribution >= 0.6 is 0 Å². The Hall–Kier alpha value is -4.39. The number of sulfonamides is 1. The summed E-state index contributed by atoms with van der Waals surface area (Å²) < 4.78 is 41.8. The van der Waals surface area contributed by atoms with Gasteiger partial charge < -0.3 is 29.7 Å². The third kappa shape index (κ3) is 8.92. The fraction of sp³-hybridized carbons (Fsp3) is 0.268. The van der Waals surface area contributed by atoms with Crippen LogP contribution in [-0.4, -0.2) is 54.9 Å². The number of nitrogens with one attached hydrogen (secondary N) is 1. The molecular formula is C41H44N2O7S. The second-order valence-corrected chi connectivity index (χ2v) is 14.8. The van der Waals surface area contributed by atoms with Crippen molar-refractivity contribution in [3.8, 4) is 16.9 Å². The largest absolute Gasteiger partial charge is 0.508 e. The molecule has 0 saturated carbocycles. The van der Waals surface area contributed by atoms with Crippen molar-refractivity contribution in [3.05, 3.63) is 155 Å². The minimum Gasteiger partial charge on any atom is -0.508 e. The van der Waals surface area contributed by atoms with Gasteiger partial charge in [0.25, 0.3) is 0 Å². The third-order valence-electron chi connectivity index (χ3n) is 9.37. The van der Waals surface area contributed by atoms with Gasteiger partial charge in [0.2, 0.25) is 10.0 Å². The van der Waals surface area contributed by atoms with E-state index in [-0.39, 0.29) is 41.9 Å². The fourth-order valence-corrected chi connectivity index (χ4v) is 7.50. The van der Waals surface area contributed by atoms with Crippen LogP contribution in [0.15, 0.2) is 132 Å². The first-order valence-electron chi connectivity index (χ1n) is 17.0. The van der Waals surface area contributed by atoms with Crippen LogP contribution in [0.2, 0.25) is 0 Å². The van der Waals surface area contributed by atoms with Crippen molar-refractivity contribution < 1.29 is 33.2 Å². The maximum absolute atomic E-state index is 12.9. The number of hydrogen-bond donors (Lipinski definition) is 4. The van der Waals surface area contributed by atoms with E-state index in [1.807, 2.05) is 84.7 Å². The normalized spacial score (nSPS) is 19.9. The molecule has 266 valence electrons. The SMILES string of the molecule is C[C@@H]1[C@H](CN(C)C[C@@H](O)c2cccc(O)c2)O[C@H](c2ccc(-c3ccccc3CNS(=O)(=O)c3ccccc3)cc2)O[C@@H]1c1ccc(CO)cc1. The molecule has 0 bridgehead atoms. The summed E-state index contributed by atoms with van der Waals surface area (Å²) in [6.45, 7) is 3.04. The first-order chi connectivity index (χ1) is 24.6. The fourth-order valence-electron chi connectivity index (χ4n) is 6.47. The number of aromatic hydroxyl groups is 1. The molecular weight excluding hydrogens is 665 g/mol. The topological polar surface area (TPSA) is 129 Å². The number of aliphatic hydroxyl groups excluding tert-OH is 2. The molecule has 1 saturated heterocycles. The van der Waals surface area contributed by atoms with Crippen molar-refractivity contribution in [2.24, 2.45) is 5.92 Å². The van der Waals surface area contributed by atoms with E-state index >= 15 is 0 Å². The van der Waals surface area contributed by atoms with E-state index in [2.05, 4.69) is 11.6 Å². The lowest BCUT2D eigenvalue weighted by molar-refractivity contribution is -0.276. The number of phenols is 1. The number of aliphatic hydroxyl groups is 2. The Morgan fingerprint density at radius 3 is 2.22 bits per heavy atom. The molecule has 0 aliphatic carbocycles. The molecule has 5 aromatic rings. The van der Waals surface area contributed by atoms with Crippen LogP contribution in [0.4, 0.5) is 0 Å². The van der Waals surface area contributed by atoms with Crippen molar-refractivity contribution >= 4 is 10.0 Å². The zero-order chi connectivity index (χ0) is 36.0. The maximum Gasteiger partial charge on any atom is 0.240 e. The zero-order valence-electron chi connectivity index (χ0n) is 28.7. The Labute approximate surface area is 299 Å². The van der Waals surface area contributed by atoms with E-state index < -0.39 is 22.4 Å². The van der Waals surface area contributed by atoms with Crippen LogP contribution in [0.1, 0.15) is 53.2 Å². The van der Waals surface area contributed by atoms with Crippen molar-refractivity contribution in [2.75, 3.05) is 20.1 Å². The lowest BCUT2D eigenvalue weighted by Gasteiger charge is -2.42. The van der Waals surface area contributed by atoms with Gasteiger partial charge in [-0.15, -0.1) is 0 Å². The van der Waals surface area contributed by atoms with Gasteiger partial charge in [0, 0.05) is 31.1 Å². The summed E-state index contributed by atoms with van der Waals surface area (Å²) >= 11 is 0. The van der Waals surface area contributed by atoms with Crippen molar-refractivity contribution in [3.63, 3.8) is 0 Å². The lowest BCUT2D eigenvalue weighted by Crippen LogP contribution is -2.44. The summed E-state index contributed by atoms with van der Waals surface area (Å²) in [5, 5.41) is 30.4. The molecule has 5 atom stereocenters.